The second kappa shape index (κ2) is 5.50. The summed E-state index contributed by atoms with van der Waals surface area (Å²) in [5.74, 6) is 0.749. The van der Waals surface area contributed by atoms with E-state index in [-0.39, 0.29) is 6.04 Å². The lowest BCUT2D eigenvalue weighted by molar-refractivity contribution is 0.347. The zero-order chi connectivity index (χ0) is 14.2. The Labute approximate surface area is 123 Å². The molecule has 1 aromatic rings. The van der Waals surface area contributed by atoms with Gasteiger partial charge in [-0.25, -0.2) is 0 Å². The van der Waals surface area contributed by atoms with Crippen LogP contribution in [-0.2, 0) is 5.41 Å². The van der Waals surface area contributed by atoms with E-state index in [4.69, 9.17) is 5.73 Å². The number of nitrogens with zero attached hydrogens (tertiary/aromatic N) is 1. The zero-order valence-electron chi connectivity index (χ0n) is 12.9. The largest absolute Gasteiger partial charge is 0.327 e. The maximum Gasteiger partial charge on any atom is 0.0108 e. The molecule has 2 unspecified atom stereocenters. The fourth-order valence-corrected chi connectivity index (χ4v) is 3.80. The lowest BCUT2D eigenvalue weighted by atomic mass is 9.86. The van der Waals surface area contributed by atoms with Crippen molar-refractivity contribution in [3.63, 3.8) is 0 Å². The molecule has 0 bridgehead atoms. The molecule has 0 aromatic heterocycles. The second-order valence-electron chi connectivity index (χ2n) is 7.00. The summed E-state index contributed by atoms with van der Waals surface area (Å²) in [5.41, 5.74) is 9.46. The summed E-state index contributed by atoms with van der Waals surface area (Å²) in [5, 5.41) is 0. The molecule has 2 aliphatic rings. The molecule has 2 N–H and O–H groups in total. The van der Waals surface area contributed by atoms with E-state index >= 15 is 0 Å². The van der Waals surface area contributed by atoms with Gasteiger partial charge in [0.05, 0.1) is 0 Å². The monoisotopic (exact) mass is 272 g/mol. The predicted octanol–water partition coefficient (Wildman–Crippen LogP) is 3.26. The van der Waals surface area contributed by atoms with Gasteiger partial charge < -0.3 is 10.6 Å². The first-order valence-corrected chi connectivity index (χ1v) is 8.16. The molecule has 1 saturated heterocycles. The summed E-state index contributed by atoms with van der Waals surface area (Å²) in [4.78, 5) is 2.46. The highest BCUT2D eigenvalue weighted by atomic mass is 15.1. The first-order chi connectivity index (χ1) is 9.62. The lowest BCUT2D eigenvalue weighted by Crippen LogP contribution is -2.31. The van der Waals surface area contributed by atoms with Crippen LogP contribution in [0.4, 0.5) is 0 Å². The van der Waals surface area contributed by atoms with Crippen molar-refractivity contribution in [2.24, 2.45) is 5.73 Å². The molecule has 20 heavy (non-hydrogen) atoms. The highest BCUT2D eigenvalue weighted by molar-refractivity contribution is 5.36. The van der Waals surface area contributed by atoms with Gasteiger partial charge in [0.1, 0.15) is 0 Å². The molecule has 3 rings (SSSR count). The number of benzene rings is 1. The van der Waals surface area contributed by atoms with Crippen LogP contribution >= 0.6 is 0 Å². The van der Waals surface area contributed by atoms with E-state index in [1.165, 1.54) is 56.3 Å². The van der Waals surface area contributed by atoms with Crippen LogP contribution in [0.1, 0.15) is 56.1 Å². The van der Waals surface area contributed by atoms with Crippen molar-refractivity contribution in [2.75, 3.05) is 20.1 Å². The van der Waals surface area contributed by atoms with Crippen molar-refractivity contribution in [3.8, 4) is 0 Å². The van der Waals surface area contributed by atoms with Crippen LogP contribution in [-0.4, -0.2) is 31.1 Å². The smallest absolute Gasteiger partial charge is 0.0108 e. The minimum Gasteiger partial charge on any atom is -0.327 e. The van der Waals surface area contributed by atoms with Crippen LogP contribution in [0.25, 0.3) is 0 Å². The molecule has 1 aliphatic carbocycles. The predicted molar refractivity (Wildman–Crippen MR) is 85.1 cm³/mol. The molecule has 2 heteroatoms. The van der Waals surface area contributed by atoms with Crippen molar-refractivity contribution in [1.82, 2.24) is 4.90 Å². The Balaban J connectivity index is 1.73. The van der Waals surface area contributed by atoms with Crippen molar-refractivity contribution < 1.29 is 0 Å². The van der Waals surface area contributed by atoms with Gasteiger partial charge in [-0.3, -0.25) is 0 Å². The number of likely N-dealkylation sites (tertiary alicyclic amines) is 1. The Bertz CT molecular complexity index is 445. The lowest BCUT2D eigenvalue weighted by Gasteiger charge is -2.21. The number of nitrogens with two attached hydrogens (primary N) is 1. The van der Waals surface area contributed by atoms with Gasteiger partial charge in [-0.15, -0.1) is 0 Å². The molecule has 1 aromatic carbocycles. The van der Waals surface area contributed by atoms with Crippen molar-refractivity contribution in [3.05, 3.63) is 35.4 Å². The molecule has 0 radical (unpaired) electrons. The molecule has 1 heterocycles. The van der Waals surface area contributed by atoms with Crippen LogP contribution in [0.3, 0.4) is 0 Å². The molecule has 2 fully saturated rings. The number of hydrogen-bond acceptors (Lipinski definition) is 2. The van der Waals surface area contributed by atoms with Crippen LogP contribution < -0.4 is 5.73 Å². The summed E-state index contributed by atoms with van der Waals surface area (Å²) in [6.45, 7) is 4.64. The number of hydrogen-bond donors (Lipinski definition) is 1. The Morgan fingerprint density at radius 3 is 2.45 bits per heavy atom. The maximum atomic E-state index is 6.18. The van der Waals surface area contributed by atoms with Gasteiger partial charge in [0.25, 0.3) is 0 Å². The van der Waals surface area contributed by atoms with Crippen molar-refractivity contribution in [1.29, 1.82) is 0 Å². The van der Waals surface area contributed by atoms with E-state index in [1.54, 1.807) is 0 Å². The summed E-state index contributed by atoms with van der Waals surface area (Å²) < 4.78 is 0. The summed E-state index contributed by atoms with van der Waals surface area (Å²) in [6, 6.07) is 9.71. The van der Waals surface area contributed by atoms with Gasteiger partial charge in [0.15, 0.2) is 0 Å². The standard InChI is InChI=1S/C18H28N2/c1-14(19)18(10-11-18)17-7-5-16(6-8-17)15-4-3-12-20(2)13-9-15/h5-8,14-15H,3-4,9-13,19H2,1-2H3. The Kier molecular flexibility index (Phi) is 3.87. The Morgan fingerprint density at radius 2 is 1.85 bits per heavy atom. The van der Waals surface area contributed by atoms with E-state index in [0.29, 0.717) is 5.41 Å². The van der Waals surface area contributed by atoms with Gasteiger partial charge >= 0.3 is 0 Å². The van der Waals surface area contributed by atoms with Crippen LogP contribution in [0.5, 0.6) is 0 Å². The average Bonchev–Trinajstić information content (AvgIpc) is 3.24. The van der Waals surface area contributed by atoms with Gasteiger partial charge in [-0.1, -0.05) is 24.3 Å². The first-order valence-electron chi connectivity index (χ1n) is 8.16. The summed E-state index contributed by atoms with van der Waals surface area (Å²) in [7, 11) is 2.24. The van der Waals surface area contributed by atoms with Crippen molar-refractivity contribution >= 4 is 0 Å². The fraction of sp³-hybridized carbons (Fsp3) is 0.667. The van der Waals surface area contributed by atoms with Gasteiger partial charge in [-0.2, -0.15) is 0 Å². The highest BCUT2D eigenvalue weighted by Gasteiger charge is 2.47. The normalized spacial score (nSPS) is 27.9. The summed E-state index contributed by atoms with van der Waals surface area (Å²) in [6.07, 6.45) is 6.49. The molecule has 2 nitrogen and oxygen atoms in total. The number of rotatable bonds is 3. The molecule has 2 atom stereocenters. The Hall–Kier alpha value is -0.860. The molecule has 0 spiro atoms. The average molecular weight is 272 g/mol. The fourth-order valence-electron chi connectivity index (χ4n) is 3.80. The molecule has 1 aliphatic heterocycles. The Morgan fingerprint density at radius 1 is 1.15 bits per heavy atom. The topological polar surface area (TPSA) is 29.3 Å². The second-order valence-corrected chi connectivity index (χ2v) is 7.00. The minimum atomic E-state index is 0.278. The van der Waals surface area contributed by atoms with Gasteiger partial charge in [0.2, 0.25) is 0 Å². The van der Waals surface area contributed by atoms with E-state index in [0.717, 1.165) is 5.92 Å². The SMILES string of the molecule is CC(N)C1(c2ccc(C3CCCN(C)CC3)cc2)CC1. The zero-order valence-corrected chi connectivity index (χ0v) is 12.9. The van der Waals surface area contributed by atoms with E-state index in [1.807, 2.05) is 0 Å². The third-order valence-corrected chi connectivity index (χ3v) is 5.57. The highest BCUT2D eigenvalue weighted by Crippen LogP contribution is 2.50. The van der Waals surface area contributed by atoms with Crippen LogP contribution in [0.2, 0.25) is 0 Å². The van der Waals surface area contributed by atoms with Gasteiger partial charge in [-0.05, 0) is 76.2 Å². The quantitative estimate of drug-likeness (QED) is 0.915. The van der Waals surface area contributed by atoms with Gasteiger partial charge in [0, 0.05) is 11.5 Å². The van der Waals surface area contributed by atoms with Crippen LogP contribution in [0, 0.1) is 0 Å². The third kappa shape index (κ3) is 2.64. The third-order valence-electron chi connectivity index (χ3n) is 5.57. The first kappa shape index (κ1) is 14.1. The maximum absolute atomic E-state index is 6.18. The molecule has 1 saturated carbocycles. The minimum absolute atomic E-state index is 0.278. The molecule has 110 valence electrons. The molecular weight excluding hydrogens is 244 g/mol. The van der Waals surface area contributed by atoms with E-state index in [2.05, 4.69) is 43.1 Å². The van der Waals surface area contributed by atoms with Crippen molar-refractivity contribution in [2.45, 2.75) is 56.4 Å². The van der Waals surface area contributed by atoms with Crippen LogP contribution in [0.15, 0.2) is 24.3 Å². The molecular formula is C18H28N2. The molecule has 0 amide bonds. The van der Waals surface area contributed by atoms with E-state index < -0.39 is 0 Å². The summed E-state index contributed by atoms with van der Waals surface area (Å²) >= 11 is 0. The van der Waals surface area contributed by atoms with E-state index in [9.17, 15) is 0 Å².